The van der Waals surface area contributed by atoms with Crippen LogP contribution in [0.15, 0.2) is 28.7 Å². The molecule has 1 heterocycles. The minimum Gasteiger partial charge on any atom is -0.326 e. The maximum atomic E-state index is 6.23. The van der Waals surface area contributed by atoms with Gasteiger partial charge in [0.15, 0.2) is 0 Å². The summed E-state index contributed by atoms with van der Waals surface area (Å²) >= 11 is 3.53. The molecule has 3 heteroatoms. The molecule has 0 spiro atoms. The minimum absolute atomic E-state index is 0.261. The van der Waals surface area contributed by atoms with Crippen molar-refractivity contribution in [3.8, 4) is 0 Å². The van der Waals surface area contributed by atoms with Gasteiger partial charge in [0.05, 0.1) is 6.04 Å². The van der Waals surface area contributed by atoms with Crippen molar-refractivity contribution in [2.75, 3.05) is 6.54 Å². The summed E-state index contributed by atoms with van der Waals surface area (Å²) in [5.41, 5.74) is 7.56. The lowest BCUT2D eigenvalue weighted by Gasteiger charge is -2.30. The highest BCUT2D eigenvalue weighted by atomic mass is 79.9. The fraction of sp³-hybridized carbons (Fsp3) is 0.538. The molecule has 0 aliphatic carbocycles. The van der Waals surface area contributed by atoms with Gasteiger partial charge in [0, 0.05) is 23.1 Å². The average Bonchev–Trinajstić information content (AvgIpc) is 2.60. The molecule has 1 aromatic rings. The summed E-state index contributed by atoms with van der Waals surface area (Å²) in [4.78, 5) is 2.49. The molecule has 88 valence electrons. The van der Waals surface area contributed by atoms with Crippen LogP contribution >= 0.6 is 15.9 Å². The van der Waals surface area contributed by atoms with Gasteiger partial charge in [-0.05, 0) is 38.0 Å². The molecule has 1 saturated heterocycles. The van der Waals surface area contributed by atoms with E-state index < -0.39 is 0 Å². The number of halogens is 1. The highest BCUT2D eigenvalue weighted by Crippen LogP contribution is 2.33. The number of benzene rings is 1. The summed E-state index contributed by atoms with van der Waals surface area (Å²) in [6.07, 6.45) is 1.09. The quantitative estimate of drug-likeness (QED) is 0.904. The third kappa shape index (κ3) is 2.31. The van der Waals surface area contributed by atoms with E-state index in [1.165, 1.54) is 5.56 Å². The molecule has 1 fully saturated rings. The van der Waals surface area contributed by atoms with Crippen molar-refractivity contribution in [1.29, 1.82) is 0 Å². The molecule has 0 bridgehead atoms. The number of nitrogens with two attached hydrogens (primary N) is 1. The number of rotatable bonds is 2. The fourth-order valence-electron chi connectivity index (χ4n) is 2.55. The second-order valence-electron chi connectivity index (χ2n) is 4.78. The Morgan fingerprint density at radius 1 is 1.44 bits per heavy atom. The van der Waals surface area contributed by atoms with Gasteiger partial charge in [-0.15, -0.1) is 0 Å². The Kier molecular flexibility index (Phi) is 3.67. The first-order valence-corrected chi connectivity index (χ1v) is 6.65. The zero-order chi connectivity index (χ0) is 11.7. The summed E-state index contributed by atoms with van der Waals surface area (Å²) in [5.74, 6) is 0. The smallest absolute Gasteiger partial charge is 0.0502 e. The van der Waals surface area contributed by atoms with Crippen LogP contribution in [0.1, 0.15) is 31.9 Å². The lowest BCUT2D eigenvalue weighted by molar-refractivity contribution is 0.198. The number of hydrogen-bond acceptors (Lipinski definition) is 2. The van der Waals surface area contributed by atoms with E-state index in [-0.39, 0.29) is 6.04 Å². The van der Waals surface area contributed by atoms with E-state index in [1.807, 2.05) is 0 Å². The predicted molar refractivity (Wildman–Crippen MR) is 71.3 cm³/mol. The van der Waals surface area contributed by atoms with Gasteiger partial charge in [-0.3, -0.25) is 4.90 Å². The zero-order valence-electron chi connectivity index (χ0n) is 9.86. The standard InChI is InChI=1S/C13H19BrN2/c1-9(2)16-7-6-12(15)13(16)10-4-3-5-11(14)8-10/h3-5,8-9,12-13H,6-7,15H2,1-2H3/t12-,13+/m0/s1. The van der Waals surface area contributed by atoms with Crippen molar-refractivity contribution in [3.05, 3.63) is 34.3 Å². The van der Waals surface area contributed by atoms with Gasteiger partial charge in [-0.1, -0.05) is 28.1 Å². The molecule has 0 radical (unpaired) electrons. The second-order valence-corrected chi connectivity index (χ2v) is 5.70. The largest absolute Gasteiger partial charge is 0.326 e. The van der Waals surface area contributed by atoms with E-state index in [2.05, 4.69) is 58.9 Å². The molecule has 2 N–H and O–H groups in total. The molecule has 0 aromatic heterocycles. The Labute approximate surface area is 106 Å². The molecule has 1 aliphatic rings. The molecule has 2 nitrogen and oxygen atoms in total. The van der Waals surface area contributed by atoms with Crippen LogP contribution in [0.25, 0.3) is 0 Å². The van der Waals surface area contributed by atoms with Crippen molar-refractivity contribution in [3.63, 3.8) is 0 Å². The Morgan fingerprint density at radius 2 is 2.19 bits per heavy atom. The predicted octanol–water partition coefficient (Wildman–Crippen LogP) is 2.93. The van der Waals surface area contributed by atoms with Crippen molar-refractivity contribution in [2.24, 2.45) is 5.73 Å². The van der Waals surface area contributed by atoms with Gasteiger partial charge in [-0.25, -0.2) is 0 Å². The number of hydrogen-bond donors (Lipinski definition) is 1. The molecule has 2 atom stereocenters. The molecular weight excluding hydrogens is 264 g/mol. The normalized spacial score (nSPS) is 26.6. The maximum absolute atomic E-state index is 6.23. The van der Waals surface area contributed by atoms with Gasteiger partial charge in [0.25, 0.3) is 0 Å². The lowest BCUT2D eigenvalue weighted by atomic mass is 10.0. The van der Waals surface area contributed by atoms with Crippen molar-refractivity contribution in [2.45, 2.75) is 38.4 Å². The van der Waals surface area contributed by atoms with Gasteiger partial charge in [-0.2, -0.15) is 0 Å². The van der Waals surface area contributed by atoms with E-state index in [0.29, 0.717) is 12.1 Å². The van der Waals surface area contributed by atoms with Crippen molar-refractivity contribution >= 4 is 15.9 Å². The monoisotopic (exact) mass is 282 g/mol. The van der Waals surface area contributed by atoms with Crippen LogP contribution in [0, 0.1) is 0 Å². The molecule has 1 aliphatic heterocycles. The Morgan fingerprint density at radius 3 is 2.81 bits per heavy atom. The lowest BCUT2D eigenvalue weighted by Crippen LogP contribution is -2.35. The van der Waals surface area contributed by atoms with Crippen molar-refractivity contribution in [1.82, 2.24) is 4.90 Å². The first-order chi connectivity index (χ1) is 7.59. The molecule has 16 heavy (non-hydrogen) atoms. The van der Waals surface area contributed by atoms with E-state index in [0.717, 1.165) is 17.4 Å². The van der Waals surface area contributed by atoms with Crippen molar-refractivity contribution < 1.29 is 0 Å². The SMILES string of the molecule is CC(C)N1CC[C@H](N)[C@H]1c1cccc(Br)c1. The zero-order valence-corrected chi connectivity index (χ0v) is 11.4. The Hall–Kier alpha value is -0.380. The Bertz CT molecular complexity index is 365. The molecule has 0 saturated carbocycles. The van der Waals surface area contributed by atoms with Gasteiger partial charge in [0.1, 0.15) is 0 Å². The number of likely N-dealkylation sites (tertiary alicyclic amines) is 1. The highest BCUT2D eigenvalue weighted by molar-refractivity contribution is 9.10. The molecule has 2 rings (SSSR count). The summed E-state index contributed by atoms with van der Waals surface area (Å²) in [5, 5.41) is 0. The van der Waals surface area contributed by atoms with Crippen LogP contribution in [0.3, 0.4) is 0 Å². The topological polar surface area (TPSA) is 29.3 Å². The van der Waals surface area contributed by atoms with Crippen LogP contribution in [0.2, 0.25) is 0 Å². The number of nitrogens with zero attached hydrogens (tertiary/aromatic N) is 1. The van der Waals surface area contributed by atoms with Crippen LogP contribution in [0.4, 0.5) is 0 Å². The third-order valence-corrected chi connectivity index (χ3v) is 3.83. The van der Waals surface area contributed by atoms with Crippen LogP contribution in [0.5, 0.6) is 0 Å². The third-order valence-electron chi connectivity index (χ3n) is 3.34. The van der Waals surface area contributed by atoms with Gasteiger partial charge in [0.2, 0.25) is 0 Å². The molecule has 0 unspecified atom stereocenters. The fourth-order valence-corrected chi connectivity index (χ4v) is 2.97. The summed E-state index contributed by atoms with van der Waals surface area (Å²) in [6.45, 7) is 5.59. The molecule has 1 aromatic carbocycles. The van der Waals surface area contributed by atoms with Gasteiger partial charge >= 0.3 is 0 Å². The highest BCUT2D eigenvalue weighted by Gasteiger charge is 2.34. The van der Waals surface area contributed by atoms with E-state index >= 15 is 0 Å². The van der Waals surface area contributed by atoms with Crippen LogP contribution in [-0.4, -0.2) is 23.5 Å². The summed E-state index contributed by atoms with van der Waals surface area (Å²) in [6, 6.07) is 9.69. The van der Waals surface area contributed by atoms with Gasteiger partial charge < -0.3 is 5.73 Å². The van der Waals surface area contributed by atoms with E-state index in [4.69, 9.17) is 5.73 Å². The van der Waals surface area contributed by atoms with Crippen LogP contribution < -0.4 is 5.73 Å². The molecule has 0 amide bonds. The van der Waals surface area contributed by atoms with E-state index in [1.54, 1.807) is 0 Å². The van der Waals surface area contributed by atoms with Crippen LogP contribution in [-0.2, 0) is 0 Å². The first-order valence-electron chi connectivity index (χ1n) is 5.86. The first kappa shape index (κ1) is 12.1. The Balaban J connectivity index is 2.30. The molecular formula is C13H19BrN2. The average molecular weight is 283 g/mol. The second kappa shape index (κ2) is 4.86. The summed E-state index contributed by atoms with van der Waals surface area (Å²) < 4.78 is 1.13. The van der Waals surface area contributed by atoms with E-state index in [9.17, 15) is 0 Å². The summed E-state index contributed by atoms with van der Waals surface area (Å²) in [7, 11) is 0. The minimum atomic E-state index is 0.261. The maximum Gasteiger partial charge on any atom is 0.0502 e.